The summed E-state index contributed by atoms with van der Waals surface area (Å²) in [5, 5.41) is 12.1. The third-order valence-electron chi connectivity index (χ3n) is 3.22. The number of ether oxygens (including phenoxy) is 1. The molecule has 0 radical (unpaired) electrons. The molecule has 0 aromatic heterocycles. The molecule has 0 spiro atoms. The molecule has 1 aliphatic heterocycles. The molecular formula is C10H17NO3. The van der Waals surface area contributed by atoms with Crippen LogP contribution in [0.1, 0.15) is 32.1 Å². The van der Waals surface area contributed by atoms with Gasteiger partial charge in [0.05, 0.1) is 12.1 Å². The van der Waals surface area contributed by atoms with Crippen molar-refractivity contribution < 1.29 is 14.6 Å². The molecule has 0 bridgehead atoms. The first-order valence-corrected chi connectivity index (χ1v) is 5.30. The Balaban J connectivity index is 1.86. The minimum atomic E-state index is -0.330. The highest BCUT2D eigenvalue weighted by Crippen LogP contribution is 2.31. The number of carbonyl (C=O) groups excluding carboxylic acids is 1. The van der Waals surface area contributed by atoms with Crippen LogP contribution >= 0.6 is 0 Å². The van der Waals surface area contributed by atoms with E-state index in [0.29, 0.717) is 6.61 Å². The van der Waals surface area contributed by atoms with Gasteiger partial charge in [0.1, 0.15) is 6.10 Å². The fourth-order valence-corrected chi connectivity index (χ4v) is 2.05. The summed E-state index contributed by atoms with van der Waals surface area (Å²) >= 11 is 0. The number of rotatable bonds is 3. The molecule has 1 saturated carbocycles. The van der Waals surface area contributed by atoms with E-state index in [1.54, 1.807) is 0 Å². The predicted molar refractivity (Wildman–Crippen MR) is 50.8 cm³/mol. The highest BCUT2D eigenvalue weighted by atomic mass is 16.5. The maximum absolute atomic E-state index is 11.7. The zero-order chi connectivity index (χ0) is 10.0. The normalized spacial score (nSPS) is 29.6. The molecule has 0 aromatic rings. The zero-order valence-electron chi connectivity index (χ0n) is 8.29. The summed E-state index contributed by atoms with van der Waals surface area (Å²) in [6, 6.07) is 0. The van der Waals surface area contributed by atoms with Gasteiger partial charge in [0.25, 0.3) is 0 Å². The SMILES string of the molecule is O=C(NC1(CO)CCC1)C1CCCO1. The molecule has 4 nitrogen and oxygen atoms in total. The minimum absolute atomic E-state index is 0.0451. The predicted octanol–water partition coefficient (Wildman–Crippen LogP) is 0.197. The van der Waals surface area contributed by atoms with Gasteiger partial charge >= 0.3 is 0 Å². The Kier molecular flexibility index (Phi) is 2.74. The summed E-state index contributed by atoms with van der Waals surface area (Å²) in [7, 11) is 0. The van der Waals surface area contributed by atoms with Crippen LogP contribution in [-0.2, 0) is 9.53 Å². The first-order chi connectivity index (χ1) is 6.76. The van der Waals surface area contributed by atoms with Gasteiger partial charge in [-0.2, -0.15) is 0 Å². The Morgan fingerprint density at radius 1 is 1.50 bits per heavy atom. The lowest BCUT2D eigenvalue weighted by Crippen LogP contribution is -2.58. The molecule has 2 N–H and O–H groups in total. The summed E-state index contributed by atoms with van der Waals surface area (Å²) in [5.74, 6) is -0.0451. The monoisotopic (exact) mass is 199 g/mol. The van der Waals surface area contributed by atoms with Crippen molar-refractivity contribution in [2.45, 2.75) is 43.7 Å². The van der Waals surface area contributed by atoms with Crippen molar-refractivity contribution in [3.05, 3.63) is 0 Å². The maximum Gasteiger partial charge on any atom is 0.249 e. The highest BCUT2D eigenvalue weighted by Gasteiger charge is 2.39. The molecule has 1 saturated heterocycles. The first kappa shape index (κ1) is 9.93. The van der Waals surface area contributed by atoms with Gasteiger partial charge in [-0.3, -0.25) is 4.79 Å². The number of hydrogen-bond acceptors (Lipinski definition) is 3. The summed E-state index contributed by atoms with van der Waals surface area (Å²) in [5.41, 5.74) is -0.330. The van der Waals surface area contributed by atoms with Crippen LogP contribution in [0.15, 0.2) is 0 Å². The fourth-order valence-electron chi connectivity index (χ4n) is 2.05. The van der Waals surface area contributed by atoms with Crippen LogP contribution in [0.25, 0.3) is 0 Å². The quantitative estimate of drug-likeness (QED) is 0.682. The molecule has 80 valence electrons. The van der Waals surface area contributed by atoms with Crippen molar-refractivity contribution in [3.63, 3.8) is 0 Å². The van der Waals surface area contributed by atoms with E-state index in [9.17, 15) is 9.90 Å². The Bertz CT molecular complexity index is 214. The molecule has 1 amide bonds. The topological polar surface area (TPSA) is 58.6 Å². The van der Waals surface area contributed by atoms with Crippen LogP contribution < -0.4 is 5.32 Å². The highest BCUT2D eigenvalue weighted by molar-refractivity contribution is 5.81. The molecule has 1 atom stereocenters. The van der Waals surface area contributed by atoms with Crippen molar-refractivity contribution in [1.29, 1.82) is 0 Å². The molecule has 2 aliphatic rings. The van der Waals surface area contributed by atoms with Gasteiger partial charge in [-0.25, -0.2) is 0 Å². The average Bonchev–Trinajstić information content (AvgIpc) is 2.63. The van der Waals surface area contributed by atoms with Crippen molar-refractivity contribution in [1.82, 2.24) is 5.32 Å². The van der Waals surface area contributed by atoms with E-state index in [2.05, 4.69) is 5.32 Å². The number of hydrogen-bond donors (Lipinski definition) is 2. The fraction of sp³-hybridized carbons (Fsp3) is 0.900. The van der Waals surface area contributed by atoms with Crippen molar-refractivity contribution in [2.75, 3.05) is 13.2 Å². The summed E-state index contributed by atoms with van der Waals surface area (Å²) in [6.07, 6.45) is 4.37. The second kappa shape index (κ2) is 3.87. The van der Waals surface area contributed by atoms with E-state index in [-0.39, 0.29) is 24.2 Å². The molecule has 1 unspecified atom stereocenters. The van der Waals surface area contributed by atoms with Gasteiger partial charge in [-0.05, 0) is 32.1 Å². The van der Waals surface area contributed by atoms with Crippen molar-refractivity contribution in [3.8, 4) is 0 Å². The van der Waals surface area contributed by atoms with Gasteiger partial charge in [0, 0.05) is 6.61 Å². The Hall–Kier alpha value is -0.610. The summed E-state index contributed by atoms with van der Waals surface area (Å²) in [6.45, 7) is 0.732. The largest absolute Gasteiger partial charge is 0.394 e. The van der Waals surface area contributed by atoms with Crippen molar-refractivity contribution in [2.24, 2.45) is 0 Å². The smallest absolute Gasteiger partial charge is 0.249 e. The second-order valence-corrected chi connectivity index (χ2v) is 4.28. The van der Waals surface area contributed by atoms with Gasteiger partial charge in [-0.15, -0.1) is 0 Å². The Labute approximate surface area is 83.6 Å². The lowest BCUT2D eigenvalue weighted by Gasteiger charge is -2.41. The molecule has 2 rings (SSSR count). The lowest BCUT2D eigenvalue weighted by atomic mass is 9.77. The number of aliphatic hydroxyl groups is 1. The number of carbonyl (C=O) groups is 1. The Morgan fingerprint density at radius 2 is 2.29 bits per heavy atom. The molecule has 4 heteroatoms. The van der Waals surface area contributed by atoms with Gasteiger partial charge < -0.3 is 15.2 Å². The molecular weight excluding hydrogens is 182 g/mol. The summed E-state index contributed by atoms with van der Waals surface area (Å²) < 4.78 is 5.28. The van der Waals surface area contributed by atoms with Crippen LogP contribution in [0.5, 0.6) is 0 Å². The number of aliphatic hydroxyl groups excluding tert-OH is 1. The van der Waals surface area contributed by atoms with E-state index in [1.165, 1.54) is 0 Å². The molecule has 1 aliphatic carbocycles. The molecule has 14 heavy (non-hydrogen) atoms. The van der Waals surface area contributed by atoms with E-state index in [1.807, 2.05) is 0 Å². The second-order valence-electron chi connectivity index (χ2n) is 4.28. The maximum atomic E-state index is 11.7. The van der Waals surface area contributed by atoms with Gasteiger partial charge in [0.15, 0.2) is 0 Å². The van der Waals surface area contributed by atoms with Crippen LogP contribution in [-0.4, -0.2) is 35.9 Å². The third kappa shape index (κ3) is 1.77. The minimum Gasteiger partial charge on any atom is -0.394 e. The number of amides is 1. The molecule has 1 heterocycles. The van der Waals surface area contributed by atoms with E-state index in [4.69, 9.17) is 4.74 Å². The average molecular weight is 199 g/mol. The van der Waals surface area contributed by atoms with Crippen molar-refractivity contribution >= 4 is 5.91 Å². The molecule has 2 fully saturated rings. The Morgan fingerprint density at radius 3 is 2.71 bits per heavy atom. The molecule has 0 aromatic carbocycles. The number of nitrogens with one attached hydrogen (secondary N) is 1. The van der Waals surface area contributed by atoms with E-state index in [0.717, 1.165) is 32.1 Å². The van der Waals surface area contributed by atoms with Crippen LogP contribution in [0, 0.1) is 0 Å². The summed E-state index contributed by atoms with van der Waals surface area (Å²) in [4.78, 5) is 11.7. The zero-order valence-corrected chi connectivity index (χ0v) is 8.29. The standard InChI is InChI=1S/C10H17NO3/c12-7-10(4-2-5-10)11-9(13)8-3-1-6-14-8/h8,12H,1-7H2,(H,11,13). The van der Waals surface area contributed by atoms with E-state index < -0.39 is 0 Å². The van der Waals surface area contributed by atoms with E-state index >= 15 is 0 Å². The van der Waals surface area contributed by atoms with Crippen LogP contribution in [0.2, 0.25) is 0 Å². The first-order valence-electron chi connectivity index (χ1n) is 5.30. The van der Waals surface area contributed by atoms with Crippen LogP contribution in [0.3, 0.4) is 0 Å². The lowest BCUT2D eigenvalue weighted by molar-refractivity contribution is -0.134. The van der Waals surface area contributed by atoms with Crippen LogP contribution in [0.4, 0.5) is 0 Å². The van der Waals surface area contributed by atoms with Gasteiger partial charge in [0.2, 0.25) is 5.91 Å². The third-order valence-corrected chi connectivity index (χ3v) is 3.22. The van der Waals surface area contributed by atoms with Gasteiger partial charge in [-0.1, -0.05) is 0 Å².